The number of terminal acetylenes is 1. The second-order valence-electron chi connectivity index (χ2n) is 6.04. The molecule has 1 aromatic carbocycles. The lowest BCUT2D eigenvalue weighted by Gasteiger charge is -2.31. The lowest BCUT2D eigenvalue weighted by molar-refractivity contribution is -0.122. The van der Waals surface area contributed by atoms with Gasteiger partial charge in [-0.1, -0.05) is 5.92 Å². The van der Waals surface area contributed by atoms with Gasteiger partial charge in [0.05, 0.1) is 11.0 Å². The Labute approximate surface area is 139 Å². The summed E-state index contributed by atoms with van der Waals surface area (Å²) in [7, 11) is 1.52. The number of halogens is 1. The number of carbonyl (C=O) groups excluding carboxylic acids is 1. The van der Waals surface area contributed by atoms with Gasteiger partial charge in [-0.2, -0.15) is 0 Å². The summed E-state index contributed by atoms with van der Waals surface area (Å²) in [5, 5.41) is 11.8. The van der Waals surface area contributed by atoms with Crippen LogP contribution in [-0.2, 0) is 4.79 Å². The summed E-state index contributed by atoms with van der Waals surface area (Å²) in [6, 6.07) is 4.15. The van der Waals surface area contributed by atoms with Crippen LogP contribution in [0.15, 0.2) is 18.2 Å². The first-order chi connectivity index (χ1) is 10.4. The third-order valence-electron chi connectivity index (χ3n) is 3.56. The zero-order valence-corrected chi connectivity index (χ0v) is 14.4. The van der Waals surface area contributed by atoms with Crippen LogP contribution in [0.1, 0.15) is 34.7 Å². The van der Waals surface area contributed by atoms with E-state index in [-0.39, 0.29) is 19.5 Å². The number of benzene rings is 1. The van der Waals surface area contributed by atoms with E-state index in [1.54, 1.807) is 13.8 Å². The van der Waals surface area contributed by atoms with E-state index in [0.29, 0.717) is 5.75 Å². The average Bonchev–Trinajstić information content (AvgIpc) is 2.47. The molecule has 0 saturated heterocycles. The molecule has 1 amide bonds. The minimum atomic E-state index is -0.790. The molecule has 23 heavy (non-hydrogen) atoms. The van der Waals surface area contributed by atoms with Crippen LogP contribution < -0.4 is 10.1 Å². The van der Waals surface area contributed by atoms with Crippen LogP contribution in [0, 0.1) is 30.5 Å². The Hall–Kier alpha value is -2.06. The number of aliphatic hydroxyl groups is 1. The number of hydrogen-bond donors (Lipinski definition) is 2. The second kappa shape index (κ2) is 8.54. The van der Waals surface area contributed by atoms with Gasteiger partial charge in [-0.25, -0.2) is 4.39 Å². The predicted molar refractivity (Wildman–Crippen MR) is 91.4 cm³/mol. The van der Waals surface area contributed by atoms with Crippen molar-refractivity contribution in [1.82, 2.24) is 5.32 Å². The number of carbonyl (C=O) groups is 1. The van der Waals surface area contributed by atoms with Crippen LogP contribution in [0.5, 0.6) is 5.75 Å². The average molecular weight is 324 g/mol. The molecule has 0 saturated carbocycles. The van der Waals surface area contributed by atoms with Gasteiger partial charge < -0.3 is 15.2 Å². The number of ether oxygens (including phenoxy) is 1. The van der Waals surface area contributed by atoms with Crippen LogP contribution in [0.4, 0.5) is 4.39 Å². The van der Waals surface area contributed by atoms with Gasteiger partial charge >= 0.3 is 0 Å². The number of likely N-dealkylation sites (N-methyl/N-ethyl adjacent to an activating group) is 1. The van der Waals surface area contributed by atoms with Crippen LogP contribution in [0.2, 0.25) is 0 Å². The summed E-state index contributed by atoms with van der Waals surface area (Å²) in [5.41, 5.74) is -0.978. The van der Waals surface area contributed by atoms with E-state index in [1.165, 1.54) is 25.2 Å². The third kappa shape index (κ3) is 7.16. The zero-order chi connectivity index (χ0) is 18.3. The van der Waals surface area contributed by atoms with Gasteiger partial charge in [-0.3, -0.25) is 4.79 Å². The molecule has 5 heteroatoms. The molecule has 0 aliphatic heterocycles. The van der Waals surface area contributed by atoms with E-state index in [0.717, 1.165) is 0 Å². The van der Waals surface area contributed by atoms with Gasteiger partial charge in [-0.05, 0) is 58.4 Å². The summed E-state index contributed by atoms with van der Waals surface area (Å²) in [6.07, 6.45) is 5.18. The van der Waals surface area contributed by atoms with E-state index >= 15 is 0 Å². The van der Waals surface area contributed by atoms with E-state index < -0.39 is 16.8 Å². The van der Waals surface area contributed by atoms with Crippen molar-refractivity contribution >= 4 is 5.91 Å². The molecular formula is C18H27FNO3. The van der Waals surface area contributed by atoms with Gasteiger partial charge in [0.25, 0.3) is 5.91 Å². The largest absolute Gasteiger partial charge is 0.484 e. The number of nitrogens with one attached hydrogen (secondary N) is 1. The number of rotatable bonds is 4. The Balaban J connectivity index is 0. The number of amides is 1. The second-order valence-corrected chi connectivity index (χ2v) is 6.04. The van der Waals surface area contributed by atoms with Gasteiger partial charge in [0.2, 0.25) is 0 Å². The standard InChI is InChI=1S/C10H11FNO2.C8H14O.H2/c1-7-5-8(3-4-9(7)11)14-6-10(13)12-2;1-6-7(2,3)8(4,5)9;/h3-5H,1,6H2,2H3,(H,12,13);1,9H,2-5H3;1H. The van der Waals surface area contributed by atoms with Crippen molar-refractivity contribution in [3.05, 3.63) is 36.5 Å². The summed E-state index contributed by atoms with van der Waals surface area (Å²) < 4.78 is 17.8. The fourth-order valence-electron chi connectivity index (χ4n) is 1.04. The maximum atomic E-state index is 12.8. The van der Waals surface area contributed by atoms with Crippen molar-refractivity contribution in [1.29, 1.82) is 0 Å². The molecule has 129 valence electrons. The Kier molecular flexibility index (Phi) is 7.78. The van der Waals surface area contributed by atoms with E-state index in [2.05, 4.69) is 18.2 Å². The first-order valence-corrected chi connectivity index (χ1v) is 7.09. The monoisotopic (exact) mass is 324 g/mol. The maximum Gasteiger partial charge on any atom is 0.257 e. The van der Waals surface area contributed by atoms with Crippen LogP contribution in [0.3, 0.4) is 0 Å². The molecule has 0 atom stereocenters. The molecule has 0 heterocycles. The molecule has 0 unspecified atom stereocenters. The minimum absolute atomic E-state index is 0. The quantitative estimate of drug-likeness (QED) is 0.837. The first-order valence-electron chi connectivity index (χ1n) is 7.09. The highest BCUT2D eigenvalue weighted by atomic mass is 19.1. The lowest BCUT2D eigenvalue weighted by atomic mass is 9.78. The van der Waals surface area contributed by atoms with E-state index in [4.69, 9.17) is 11.2 Å². The Morgan fingerprint density at radius 3 is 2.39 bits per heavy atom. The van der Waals surface area contributed by atoms with Gasteiger partial charge in [0, 0.05) is 8.47 Å². The highest BCUT2D eigenvalue weighted by Crippen LogP contribution is 2.28. The molecule has 0 aromatic heterocycles. The van der Waals surface area contributed by atoms with Gasteiger partial charge in [-0.15, -0.1) is 6.42 Å². The van der Waals surface area contributed by atoms with Crippen LogP contribution in [0.25, 0.3) is 0 Å². The summed E-state index contributed by atoms with van der Waals surface area (Å²) in [4.78, 5) is 10.8. The fraction of sp³-hybridized carbons (Fsp3) is 0.444. The summed E-state index contributed by atoms with van der Waals surface area (Å²) in [5.74, 6) is 2.33. The lowest BCUT2D eigenvalue weighted by Crippen LogP contribution is -2.37. The molecule has 0 fully saturated rings. The maximum absolute atomic E-state index is 12.8. The molecule has 4 nitrogen and oxygen atoms in total. The highest BCUT2D eigenvalue weighted by molar-refractivity contribution is 5.77. The van der Waals surface area contributed by atoms with Crippen LogP contribution >= 0.6 is 0 Å². The van der Waals surface area contributed by atoms with Crippen molar-refractivity contribution < 1.29 is 20.5 Å². The molecule has 1 aromatic rings. The first kappa shape index (κ1) is 20.9. The fourth-order valence-corrected chi connectivity index (χ4v) is 1.04. The Morgan fingerprint density at radius 1 is 1.48 bits per heavy atom. The van der Waals surface area contributed by atoms with Crippen molar-refractivity contribution in [3.63, 3.8) is 0 Å². The van der Waals surface area contributed by atoms with Gasteiger partial charge in [0.1, 0.15) is 11.6 Å². The zero-order valence-electron chi connectivity index (χ0n) is 14.4. The Morgan fingerprint density at radius 2 is 2.04 bits per heavy atom. The molecule has 0 bridgehead atoms. The topological polar surface area (TPSA) is 58.6 Å². The molecule has 0 spiro atoms. The van der Waals surface area contributed by atoms with Crippen molar-refractivity contribution in [2.45, 2.75) is 33.3 Å². The van der Waals surface area contributed by atoms with Crippen molar-refractivity contribution in [2.75, 3.05) is 13.7 Å². The predicted octanol–water partition coefficient (Wildman–Crippen LogP) is 2.80. The molecule has 1 rings (SSSR count). The van der Waals surface area contributed by atoms with Crippen LogP contribution in [-0.4, -0.2) is 30.3 Å². The minimum Gasteiger partial charge on any atom is -0.484 e. The Bertz CT molecular complexity index is 575. The van der Waals surface area contributed by atoms with E-state index in [1.807, 2.05) is 13.8 Å². The van der Waals surface area contributed by atoms with E-state index in [9.17, 15) is 14.3 Å². The molecular weight excluding hydrogens is 297 g/mol. The molecule has 2 N–H and O–H groups in total. The third-order valence-corrected chi connectivity index (χ3v) is 3.56. The molecule has 0 aliphatic rings. The molecule has 0 aliphatic carbocycles. The normalized spacial score (nSPS) is 10.9. The van der Waals surface area contributed by atoms with Gasteiger partial charge in [0.15, 0.2) is 6.61 Å². The van der Waals surface area contributed by atoms with Crippen molar-refractivity contribution in [2.24, 2.45) is 5.41 Å². The number of hydrogen-bond acceptors (Lipinski definition) is 3. The smallest absolute Gasteiger partial charge is 0.257 e. The van der Waals surface area contributed by atoms with Crippen molar-refractivity contribution in [3.8, 4) is 18.1 Å². The summed E-state index contributed by atoms with van der Waals surface area (Å²) >= 11 is 0. The summed E-state index contributed by atoms with van der Waals surface area (Å²) in [6.45, 7) is 10.5. The highest BCUT2D eigenvalue weighted by Gasteiger charge is 2.32. The molecule has 1 radical (unpaired) electrons. The SMILES string of the molecule is C#CC(C)(C)C(C)(C)O.[CH2]c1cc(OCC(=O)NC)ccc1F.[HH].